The Balaban J connectivity index is 2.15. The molecule has 3 nitrogen and oxygen atoms in total. The predicted octanol–water partition coefficient (Wildman–Crippen LogP) is 3.56. The minimum Gasteiger partial charge on any atom is -0.398 e. The predicted molar refractivity (Wildman–Crippen MR) is 83.0 cm³/mol. The van der Waals surface area contributed by atoms with E-state index in [-0.39, 0.29) is 5.56 Å². The lowest BCUT2D eigenvalue weighted by Gasteiger charge is -2.07. The van der Waals surface area contributed by atoms with Crippen molar-refractivity contribution < 1.29 is 9.18 Å². The largest absolute Gasteiger partial charge is 0.398 e. The molecule has 6 heteroatoms. The second-order valence-corrected chi connectivity index (χ2v) is 6.07. The van der Waals surface area contributed by atoms with Gasteiger partial charge in [-0.2, -0.15) is 0 Å². The summed E-state index contributed by atoms with van der Waals surface area (Å²) in [5.41, 5.74) is 12.3. The number of benzene rings is 2. The van der Waals surface area contributed by atoms with Crippen molar-refractivity contribution in [3.8, 4) is 0 Å². The monoisotopic (exact) mass is 354 g/mol. The summed E-state index contributed by atoms with van der Waals surface area (Å²) in [6.07, 6.45) is 0. The average Bonchev–Trinajstić information content (AvgIpc) is 2.40. The highest BCUT2D eigenvalue weighted by Gasteiger charge is 2.08. The molecule has 0 spiro atoms. The van der Waals surface area contributed by atoms with Gasteiger partial charge in [-0.05, 0) is 35.9 Å². The summed E-state index contributed by atoms with van der Waals surface area (Å²) in [6, 6.07) is 9.76. The number of hydrogen-bond acceptors (Lipinski definition) is 3. The molecule has 2 aromatic rings. The lowest BCUT2D eigenvalue weighted by Crippen LogP contribution is -2.11. The fourth-order valence-corrected chi connectivity index (χ4v) is 3.11. The first-order valence-corrected chi connectivity index (χ1v) is 7.51. The molecule has 0 unspecified atom stereocenters. The van der Waals surface area contributed by atoms with E-state index in [0.717, 1.165) is 15.4 Å². The fourth-order valence-electron chi connectivity index (χ4n) is 1.61. The van der Waals surface area contributed by atoms with Crippen LogP contribution in [0.4, 0.5) is 10.1 Å². The van der Waals surface area contributed by atoms with E-state index in [1.807, 2.05) is 12.1 Å². The van der Waals surface area contributed by atoms with Gasteiger partial charge in [0.15, 0.2) is 0 Å². The fraction of sp³-hybridized carbons (Fsp3) is 0.0714. The van der Waals surface area contributed by atoms with E-state index in [0.29, 0.717) is 17.0 Å². The number of nitrogens with two attached hydrogens (primary N) is 2. The van der Waals surface area contributed by atoms with E-state index in [1.165, 1.54) is 17.8 Å². The number of amides is 1. The first-order chi connectivity index (χ1) is 9.47. The zero-order chi connectivity index (χ0) is 14.7. The van der Waals surface area contributed by atoms with Crippen molar-refractivity contribution in [1.29, 1.82) is 0 Å². The molecule has 0 radical (unpaired) electrons. The summed E-state index contributed by atoms with van der Waals surface area (Å²) in [4.78, 5) is 11.8. The first-order valence-electron chi connectivity index (χ1n) is 5.73. The maximum absolute atomic E-state index is 13.8. The smallest absolute Gasteiger partial charge is 0.248 e. The van der Waals surface area contributed by atoms with E-state index in [4.69, 9.17) is 11.5 Å². The van der Waals surface area contributed by atoms with Crippen LogP contribution in [-0.4, -0.2) is 5.91 Å². The number of nitrogen functional groups attached to an aromatic ring is 1. The Morgan fingerprint density at radius 2 is 2.00 bits per heavy atom. The highest BCUT2D eigenvalue weighted by atomic mass is 79.9. The van der Waals surface area contributed by atoms with Gasteiger partial charge < -0.3 is 11.5 Å². The third-order valence-corrected chi connectivity index (χ3v) is 4.31. The summed E-state index contributed by atoms with van der Waals surface area (Å²) >= 11 is 4.80. The maximum Gasteiger partial charge on any atom is 0.248 e. The minimum absolute atomic E-state index is 0.165. The standard InChI is InChI=1S/C14H12BrFN2OS/c15-10-3-4-12(17)13(6-10)20-7-9-2-1-8(14(18)19)5-11(9)16/h1-6H,7,17H2,(H2,18,19). The van der Waals surface area contributed by atoms with Gasteiger partial charge in [0, 0.05) is 26.4 Å². The van der Waals surface area contributed by atoms with Gasteiger partial charge in [-0.3, -0.25) is 4.79 Å². The van der Waals surface area contributed by atoms with Gasteiger partial charge in [-0.1, -0.05) is 22.0 Å². The molecule has 0 saturated heterocycles. The molecule has 1 amide bonds. The summed E-state index contributed by atoms with van der Waals surface area (Å²) < 4.78 is 14.7. The van der Waals surface area contributed by atoms with Crippen LogP contribution >= 0.6 is 27.7 Å². The maximum atomic E-state index is 13.8. The molecule has 0 aliphatic carbocycles. The number of thioether (sulfide) groups is 1. The van der Waals surface area contributed by atoms with Gasteiger partial charge >= 0.3 is 0 Å². The van der Waals surface area contributed by atoms with Gasteiger partial charge in [0.2, 0.25) is 5.91 Å². The lowest BCUT2D eigenvalue weighted by atomic mass is 10.1. The zero-order valence-corrected chi connectivity index (χ0v) is 12.8. The number of halogens is 2. The van der Waals surface area contributed by atoms with Gasteiger partial charge in [0.25, 0.3) is 0 Å². The van der Waals surface area contributed by atoms with Crippen molar-refractivity contribution in [2.24, 2.45) is 5.73 Å². The van der Waals surface area contributed by atoms with E-state index in [9.17, 15) is 9.18 Å². The van der Waals surface area contributed by atoms with Gasteiger partial charge in [-0.25, -0.2) is 4.39 Å². The molecule has 2 rings (SSSR count). The first kappa shape index (κ1) is 14.9. The molecule has 2 aromatic carbocycles. The second-order valence-electron chi connectivity index (χ2n) is 4.14. The molecule has 0 fully saturated rings. The van der Waals surface area contributed by atoms with Crippen LogP contribution in [-0.2, 0) is 5.75 Å². The van der Waals surface area contributed by atoms with Crippen LogP contribution in [0.1, 0.15) is 15.9 Å². The number of hydrogen-bond donors (Lipinski definition) is 2. The molecule has 0 atom stereocenters. The van der Waals surface area contributed by atoms with Crippen LogP contribution < -0.4 is 11.5 Å². The lowest BCUT2D eigenvalue weighted by molar-refractivity contribution is 0.1000. The Bertz CT molecular complexity index is 664. The molecule has 0 bridgehead atoms. The van der Waals surface area contributed by atoms with Crippen LogP contribution in [0, 0.1) is 5.82 Å². The third-order valence-electron chi connectivity index (χ3n) is 2.70. The number of anilines is 1. The Morgan fingerprint density at radius 3 is 2.65 bits per heavy atom. The van der Waals surface area contributed by atoms with Crippen LogP contribution in [0.5, 0.6) is 0 Å². The van der Waals surface area contributed by atoms with E-state index in [1.54, 1.807) is 12.1 Å². The van der Waals surface area contributed by atoms with Crippen LogP contribution in [0.25, 0.3) is 0 Å². The van der Waals surface area contributed by atoms with Crippen molar-refractivity contribution in [3.05, 3.63) is 57.8 Å². The van der Waals surface area contributed by atoms with Crippen molar-refractivity contribution in [3.63, 3.8) is 0 Å². The van der Waals surface area contributed by atoms with Gasteiger partial charge in [0.1, 0.15) is 5.82 Å². The molecular weight excluding hydrogens is 343 g/mol. The number of carbonyl (C=O) groups is 1. The molecule has 0 heterocycles. The molecular formula is C14H12BrFN2OS. The molecule has 0 saturated carbocycles. The average molecular weight is 355 g/mol. The molecule has 4 N–H and O–H groups in total. The van der Waals surface area contributed by atoms with Crippen LogP contribution in [0.3, 0.4) is 0 Å². The van der Waals surface area contributed by atoms with Crippen molar-refractivity contribution in [1.82, 2.24) is 0 Å². The van der Waals surface area contributed by atoms with Crippen LogP contribution in [0.2, 0.25) is 0 Å². The minimum atomic E-state index is -0.640. The van der Waals surface area contributed by atoms with Crippen molar-refractivity contribution in [2.75, 3.05) is 5.73 Å². The van der Waals surface area contributed by atoms with E-state index < -0.39 is 11.7 Å². The summed E-state index contributed by atoms with van der Waals surface area (Å²) in [5.74, 6) is -0.660. The summed E-state index contributed by atoms with van der Waals surface area (Å²) in [7, 11) is 0. The highest BCUT2D eigenvalue weighted by molar-refractivity contribution is 9.10. The highest BCUT2D eigenvalue weighted by Crippen LogP contribution is 2.31. The number of primary amides is 1. The zero-order valence-electron chi connectivity index (χ0n) is 10.4. The molecule has 104 valence electrons. The Labute approximate surface area is 128 Å². The SMILES string of the molecule is NC(=O)c1ccc(CSc2cc(Br)ccc2N)c(F)c1. The summed E-state index contributed by atoms with van der Waals surface area (Å²) in [6.45, 7) is 0. The number of rotatable bonds is 4. The normalized spacial score (nSPS) is 10.5. The topological polar surface area (TPSA) is 69.1 Å². The molecule has 20 heavy (non-hydrogen) atoms. The molecule has 0 aliphatic rings. The quantitative estimate of drug-likeness (QED) is 0.651. The van der Waals surface area contributed by atoms with Gasteiger partial charge in [-0.15, -0.1) is 11.8 Å². The van der Waals surface area contributed by atoms with Crippen molar-refractivity contribution >= 4 is 39.3 Å². The number of carbonyl (C=O) groups excluding carboxylic acids is 1. The second kappa shape index (κ2) is 6.28. The molecule has 0 aliphatic heterocycles. The van der Waals surface area contributed by atoms with E-state index >= 15 is 0 Å². The Morgan fingerprint density at radius 1 is 1.25 bits per heavy atom. The summed E-state index contributed by atoms with van der Waals surface area (Å²) in [5, 5.41) is 0. The van der Waals surface area contributed by atoms with E-state index in [2.05, 4.69) is 15.9 Å². The molecule has 0 aromatic heterocycles. The third kappa shape index (κ3) is 3.52. The van der Waals surface area contributed by atoms with Crippen molar-refractivity contribution in [2.45, 2.75) is 10.6 Å². The van der Waals surface area contributed by atoms with Gasteiger partial charge in [0.05, 0.1) is 0 Å². The Hall–Kier alpha value is -1.53. The Kier molecular flexibility index (Phi) is 4.67. The van der Waals surface area contributed by atoms with Crippen LogP contribution in [0.15, 0.2) is 45.8 Å².